The number of aliphatic imine (C=N–C) groups is 1. The molecular formula is C6H3F2NO. The fraction of sp³-hybridized carbons (Fsp3) is 0. The number of dihydropyridines is 1. The highest BCUT2D eigenvalue weighted by atomic mass is 19.3. The largest absolute Gasteiger partial charge is 0.279 e. The lowest BCUT2D eigenvalue weighted by atomic mass is 10.2. The van der Waals surface area contributed by atoms with Crippen LogP contribution in [0, 0.1) is 0 Å². The van der Waals surface area contributed by atoms with Crippen molar-refractivity contribution in [3.05, 3.63) is 23.8 Å². The minimum Gasteiger partial charge on any atom is -0.267 e. The molecule has 52 valence electrons. The molecular weight excluding hydrogens is 140 g/mol. The van der Waals surface area contributed by atoms with Crippen LogP contribution in [0.5, 0.6) is 0 Å². The lowest BCUT2D eigenvalue weighted by molar-refractivity contribution is -0.113. The smallest absolute Gasteiger partial charge is 0.267 e. The number of nitrogens with zero attached hydrogens (tertiary/aromatic N) is 1. The molecule has 0 N–H and O–H groups in total. The van der Waals surface area contributed by atoms with Crippen LogP contribution in [-0.4, -0.2) is 12.1 Å². The fourth-order valence-corrected chi connectivity index (χ4v) is 0.492. The third-order valence-electron chi connectivity index (χ3n) is 0.955. The molecule has 2 nitrogen and oxygen atoms in total. The van der Waals surface area contributed by atoms with E-state index >= 15 is 0 Å². The maximum absolute atomic E-state index is 11.7. The molecule has 1 amide bonds. The Kier molecular flexibility index (Phi) is 1.71. The molecule has 0 atom stereocenters. The SMILES string of the molecule is O=C1C=CC(=C(F)F)C=N1. The van der Waals surface area contributed by atoms with Gasteiger partial charge in [0.25, 0.3) is 12.0 Å². The number of allylic oxidation sites excluding steroid dienone is 2. The standard InChI is InChI=1S/C6H3F2NO/c7-6(8)4-1-2-5(10)9-3-4/h1-3H. The zero-order valence-corrected chi connectivity index (χ0v) is 4.84. The third kappa shape index (κ3) is 1.34. The van der Waals surface area contributed by atoms with Crippen molar-refractivity contribution in [2.75, 3.05) is 0 Å². The molecule has 0 bridgehead atoms. The van der Waals surface area contributed by atoms with Crippen molar-refractivity contribution < 1.29 is 13.6 Å². The second-order valence-electron chi connectivity index (χ2n) is 1.65. The molecule has 0 aromatic heterocycles. The quantitative estimate of drug-likeness (QED) is 0.502. The van der Waals surface area contributed by atoms with Gasteiger partial charge in [-0.25, -0.2) is 4.99 Å². The first-order valence-electron chi connectivity index (χ1n) is 2.51. The van der Waals surface area contributed by atoms with Crippen LogP contribution in [0.2, 0.25) is 0 Å². The molecule has 1 aliphatic rings. The van der Waals surface area contributed by atoms with Crippen LogP contribution in [0.3, 0.4) is 0 Å². The summed E-state index contributed by atoms with van der Waals surface area (Å²) in [6, 6.07) is 0. The Morgan fingerprint density at radius 2 is 2.10 bits per heavy atom. The van der Waals surface area contributed by atoms with E-state index in [0.29, 0.717) is 0 Å². The highest BCUT2D eigenvalue weighted by molar-refractivity contribution is 6.02. The second-order valence-corrected chi connectivity index (χ2v) is 1.65. The lowest BCUT2D eigenvalue weighted by Gasteiger charge is -1.94. The molecule has 0 aromatic carbocycles. The summed E-state index contributed by atoms with van der Waals surface area (Å²) in [7, 11) is 0. The van der Waals surface area contributed by atoms with Crippen molar-refractivity contribution in [1.82, 2.24) is 0 Å². The van der Waals surface area contributed by atoms with Crippen molar-refractivity contribution in [2.24, 2.45) is 4.99 Å². The number of halogens is 2. The molecule has 0 aliphatic carbocycles. The van der Waals surface area contributed by atoms with Gasteiger partial charge in [0.15, 0.2) is 0 Å². The molecule has 0 radical (unpaired) electrons. The fourth-order valence-electron chi connectivity index (χ4n) is 0.492. The molecule has 1 heterocycles. The Hall–Kier alpha value is -1.32. The van der Waals surface area contributed by atoms with Gasteiger partial charge in [-0.15, -0.1) is 0 Å². The zero-order chi connectivity index (χ0) is 7.56. The first kappa shape index (κ1) is 6.80. The molecule has 1 rings (SSSR count). The molecule has 1 aliphatic heterocycles. The summed E-state index contributed by atoms with van der Waals surface area (Å²) in [6.45, 7) is 0. The van der Waals surface area contributed by atoms with Gasteiger partial charge in [-0.1, -0.05) is 0 Å². The second kappa shape index (κ2) is 2.51. The van der Waals surface area contributed by atoms with Crippen LogP contribution in [0.1, 0.15) is 0 Å². The van der Waals surface area contributed by atoms with Gasteiger partial charge in [0.2, 0.25) is 0 Å². The van der Waals surface area contributed by atoms with Crippen LogP contribution in [0.4, 0.5) is 8.78 Å². The minimum absolute atomic E-state index is 0.306. The van der Waals surface area contributed by atoms with E-state index in [0.717, 1.165) is 18.4 Å². The van der Waals surface area contributed by atoms with Gasteiger partial charge in [-0.3, -0.25) is 4.79 Å². The summed E-state index contributed by atoms with van der Waals surface area (Å²) < 4.78 is 23.3. The van der Waals surface area contributed by atoms with Gasteiger partial charge >= 0.3 is 0 Å². The monoisotopic (exact) mass is 143 g/mol. The predicted molar refractivity (Wildman–Crippen MR) is 31.9 cm³/mol. The van der Waals surface area contributed by atoms with Crippen molar-refractivity contribution in [3.63, 3.8) is 0 Å². The number of rotatable bonds is 0. The Morgan fingerprint density at radius 1 is 1.40 bits per heavy atom. The summed E-state index contributed by atoms with van der Waals surface area (Å²) in [5.41, 5.74) is -0.306. The van der Waals surface area contributed by atoms with Gasteiger partial charge in [-0.05, 0) is 6.08 Å². The summed E-state index contributed by atoms with van der Waals surface area (Å²) in [6.07, 6.45) is 1.05. The average Bonchev–Trinajstić information content (AvgIpc) is 1.88. The first-order valence-corrected chi connectivity index (χ1v) is 2.51. The van der Waals surface area contributed by atoms with E-state index in [2.05, 4.69) is 4.99 Å². The van der Waals surface area contributed by atoms with Gasteiger partial charge in [0.1, 0.15) is 0 Å². The van der Waals surface area contributed by atoms with Crippen LogP contribution in [0.25, 0.3) is 0 Å². The minimum atomic E-state index is -1.83. The Balaban J connectivity index is 2.91. The molecule has 0 aromatic rings. The predicted octanol–water partition coefficient (Wildman–Crippen LogP) is 1.30. The van der Waals surface area contributed by atoms with E-state index in [4.69, 9.17) is 0 Å². The van der Waals surface area contributed by atoms with E-state index < -0.39 is 12.0 Å². The van der Waals surface area contributed by atoms with E-state index in [1.54, 1.807) is 0 Å². The number of amides is 1. The van der Waals surface area contributed by atoms with Gasteiger partial charge in [-0.2, -0.15) is 8.78 Å². The summed E-state index contributed by atoms with van der Waals surface area (Å²) in [5, 5.41) is 0. The van der Waals surface area contributed by atoms with Crippen LogP contribution < -0.4 is 0 Å². The summed E-state index contributed by atoms with van der Waals surface area (Å²) >= 11 is 0. The summed E-state index contributed by atoms with van der Waals surface area (Å²) in [4.78, 5) is 13.4. The Bertz CT molecular complexity index is 230. The molecule has 0 fully saturated rings. The first-order chi connectivity index (χ1) is 4.70. The topological polar surface area (TPSA) is 29.4 Å². The van der Waals surface area contributed by atoms with E-state index in [1.807, 2.05) is 0 Å². The Labute approximate surface area is 55.6 Å². The Morgan fingerprint density at radius 3 is 2.50 bits per heavy atom. The van der Waals surface area contributed by atoms with E-state index in [1.165, 1.54) is 0 Å². The van der Waals surface area contributed by atoms with Crippen molar-refractivity contribution in [3.8, 4) is 0 Å². The zero-order valence-electron chi connectivity index (χ0n) is 4.84. The van der Waals surface area contributed by atoms with E-state index in [9.17, 15) is 13.6 Å². The van der Waals surface area contributed by atoms with Crippen LogP contribution in [-0.2, 0) is 4.79 Å². The highest BCUT2D eigenvalue weighted by Crippen LogP contribution is 2.09. The normalized spacial score (nSPS) is 16.2. The molecule has 0 saturated heterocycles. The summed E-state index contributed by atoms with van der Waals surface area (Å²) in [5.74, 6) is -0.509. The molecule has 0 saturated carbocycles. The van der Waals surface area contributed by atoms with Gasteiger partial charge in [0, 0.05) is 12.3 Å². The number of carbonyl (C=O) groups excluding carboxylic acids is 1. The number of carbonyl (C=O) groups is 1. The maximum atomic E-state index is 11.7. The van der Waals surface area contributed by atoms with Crippen LogP contribution >= 0.6 is 0 Å². The van der Waals surface area contributed by atoms with E-state index in [-0.39, 0.29) is 5.57 Å². The molecule has 10 heavy (non-hydrogen) atoms. The van der Waals surface area contributed by atoms with Crippen molar-refractivity contribution in [2.45, 2.75) is 0 Å². The van der Waals surface area contributed by atoms with Crippen LogP contribution in [0.15, 0.2) is 28.8 Å². The molecule has 4 heteroatoms. The van der Waals surface area contributed by atoms with Crippen molar-refractivity contribution >= 4 is 12.1 Å². The lowest BCUT2D eigenvalue weighted by Crippen LogP contribution is -1.96. The number of hydrogen-bond acceptors (Lipinski definition) is 1. The third-order valence-corrected chi connectivity index (χ3v) is 0.955. The number of hydrogen-bond donors (Lipinski definition) is 0. The van der Waals surface area contributed by atoms with Gasteiger partial charge < -0.3 is 0 Å². The average molecular weight is 143 g/mol. The highest BCUT2D eigenvalue weighted by Gasteiger charge is 2.04. The molecule has 0 spiro atoms. The van der Waals surface area contributed by atoms with Gasteiger partial charge in [0.05, 0.1) is 5.57 Å². The van der Waals surface area contributed by atoms with Crippen molar-refractivity contribution in [1.29, 1.82) is 0 Å². The molecule has 0 unspecified atom stereocenters. The maximum Gasteiger partial charge on any atom is 0.279 e.